The van der Waals surface area contributed by atoms with E-state index in [1.807, 2.05) is 11.0 Å². The van der Waals surface area contributed by atoms with Crippen molar-refractivity contribution in [2.24, 2.45) is 0 Å². The Morgan fingerprint density at radius 2 is 1.83 bits per heavy atom. The van der Waals surface area contributed by atoms with E-state index < -0.39 is 0 Å². The second-order valence-corrected chi connectivity index (χ2v) is 6.11. The normalized spacial score (nSPS) is 17.2. The molecule has 0 radical (unpaired) electrons. The molecule has 4 nitrogen and oxygen atoms in total. The second kappa shape index (κ2) is 6.32. The lowest BCUT2D eigenvalue weighted by atomic mass is 9.88. The number of aromatic nitrogens is 2. The highest BCUT2D eigenvalue weighted by Gasteiger charge is 2.27. The van der Waals surface area contributed by atoms with Crippen molar-refractivity contribution in [2.75, 3.05) is 13.1 Å². The Balaban J connectivity index is 1.72. The predicted octanol–water partition coefficient (Wildman–Crippen LogP) is 3.54. The van der Waals surface area contributed by atoms with Crippen LogP contribution < -0.4 is 0 Å². The highest BCUT2D eigenvalue weighted by Crippen LogP contribution is 2.31. The molecule has 1 unspecified atom stereocenters. The monoisotopic (exact) mass is 317 g/mol. The summed E-state index contributed by atoms with van der Waals surface area (Å²) in [4.78, 5) is 18.7. The van der Waals surface area contributed by atoms with E-state index >= 15 is 0 Å². The molecule has 120 valence electrons. The molecule has 0 aliphatic carbocycles. The Kier molecular flexibility index (Phi) is 3.87. The van der Waals surface area contributed by atoms with Gasteiger partial charge in [-0.05, 0) is 23.1 Å². The topological polar surface area (TPSA) is 38.1 Å². The van der Waals surface area contributed by atoms with E-state index in [4.69, 9.17) is 0 Å². The van der Waals surface area contributed by atoms with Crippen molar-refractivity contribution in [1.29, 1.82) is 0 Å². The van der Waals surface area contributed by atoms with Crippen molar-refractivity contribution < 1.29 is 4.79 Å². The molecule has 0 N–H and O–H groups in total. The predicted molar refractivity (Wildman–Crippen MR) is 93.0 cm³/mol. The summed E-state index contributed by atoms with van der Waals surface area (Å²) >= 11 is 0. The Morgan fingerprint density at radius 1 is 1.04 bits per heavy atom. The third-order valence-corrected chi connectivity index (χ3v) is 4.68. The summed E-state index contributed by atoms with van der Waals surface area (Å²) in [6, 6.07) is 19.0. The number of fused-ring (bicyclic) bond motifs is 1. The lowest BCUT2D eigenvalue weighted by molar-refractivity contribution is 0.200. The van der Waals surface area contributed by atoms with Gasteiger partial charge in [0.25, 0.3) is 0 Å². The van der Waals surface area contributed by atoms with Crippen molar-refractivity contribution in [3.63, 3.8) is 0 Å². The van der Waals surface area contributed by atoms with Gasteiger partial charge in [0.1, 0.15) is 6.33 Å². The van der Waals surface area contributed by atoms with Crippen molar-refractivity contribution in [1.82, 2.24) is 14.5 Å². The average molecular weight is 317 g/mol. The molecule has 2 aromatic carbocycles. The Bertz CT molecular complexity index is 827. The van der Waals surface area contributed by atoms with Gasteiger partial charge in [0, 0.05) is 31.4 Å². The zero-order chi connectivity index (χ0) is 16.4. The lowest BCUT2D eigenvalue weighted by Crippen LogP contribution is -2.37. The minimum atomic E-state index is -0.0127. The number of rotatable bonds is 1. The Hall–Kier alpha value is -2.88. The van der Waals surface area contributed by atoms with Gasteiger partial charge in [-0.25, -0.2) is 9.78 Å². The third kappa shape index (κ3) is 2.71. The van der Waals surface area contributed by atoms with E-state index in [0.717, 1.165) is 13.0 Å². The largest absolute Gasteiger partial charge is 0.329 e. The first-order chi connectivity index (χ1) is 11.8. The fourth-order valence-electron chi connectivity index (χ4n) is 3.45. The molecule has 0 spiro atoms. The molecule has 0 saturated carbocycles. The summed E-state index contributed by atoms with van der Waals surface area (Å²) in [5, 5.41) is 0. The third-order valence-electron chi connectivity index (χ3n) is 4.68. The molecule has 4 heteroatoms. The van der Waals surface area contributed by atoms with Crippen LogP contribution in [0.4, 0.5) is 4.79 Å². The minimum absolute atomic E-state index is 0.0127. The van der Waals surface area contributed by atoms with Crippen LogP contribution in [0.1, 0.15) is 22.6 Å². The van der Waals surface area contributed by atoms with Crippen molar-refractivity contribution in [2.45, 2.75) is 12.3 Å². The van der Waals surface area contributed by atoms with Gasteiger partial charge in [0.05, 0.1) is 0 Å². The molecule has 1 amide bonds. The van der Waals surface area contributed by atoms with E-state index in [-0.39, 0.29) is 11.9 Å². The average Bonchev–Trinajstić information content (AvgIpc) is 3.10. The van der Waals surface area contributed by atoms with E-state index in [0.29, 0.717) is 6.54 Å². The minimum Gasteiger partial charge on any atom is -0.323 e. The number of benzene rings is 2. The SMILES string of the molecule is O=C(N1CCc2ccccc2C(c2ccccc2)C1)n1ccnc1. The first-order valence-electron chi connectivity index (χ1n) is 8.23. The van der Waals surface area contributed by atoms with Crippen molar-refractivity contribution in [3.8, 4) is 0 Å². The standard InChI is InChI=1S/C20H19N3O/c24-20(23-13-11-21-15-23)22-12-10-17-8-4-5-9-18(17)19(14-22)16-6-2-1-3-7-16/h1-9,11,13,15,19H,10,12,14H2. The van der Waals surface area contributed by atoms with Crippen LogP contribution in [0.3, 0.4) is 0 Å². The summed E-state index contributed by atoms with van der Waals surface area (Å²) in [6.07, 6.45) is 5.79. The summed E-state index contributed by atoms with van der Waals surface area (Å²) in [7, 11) is 0. The Morgan fingerprint density at radius 3 is 2.62 bits per heavy atom. The van der Waals surface area contributed by atoms with Gasteiger partial charge in [0.2, 0.25) is 0 Å². The number of carbonyl (C=O) groups excluding carboxylic acids is 1. The molecule has 1 atom stereocenters. The number of nitrogens with zero attached hydrogens (tertiary/aromatic N) is 3. The number of carbonyl (C=O) groups is 1. The lowest BCUT2D eigenvalue weighted by Gasteiger charge is -2.25. The number of hydrogen-bond donors (Lipinski definition) is 0. The molecule has 3 aromatic rings. The molecule has 0 bridgehead atoms. The molecule has 4 rings (SSSR count). The van der Waals surface area contributed by atoms with Crippen LogP contribution in [0.25, 0.3) is 0 Å². The van der Waals surface area contributed by atoms with E-state index in [1.165, 1.54) is 16.7 Å². The van der Waals surface area contributed by atoms with Gasteiger partial charge >= 0.3 is 6.03 Å². The van der Waals surface area contributed by atoms with Crippen LogP contribution in [0, 0.1) is 0 Å². The first kappa shape index (κ1) is 14.7. The van der Waals surface area contributed by atoms with Crippen LogP contribution in [-0.4, -0.2) is 33.6 Å². The van der Waals surface area contributed by atoms with Crippen LogP contribution >= 0.6 is 0 Å². The molecule has 2 heterocycles. The number of hydrogen-bond acceptors (Lipinski definition) is 2. The summed E-state index contributed by atoms with van der Waals surface area (Å²) in [5.74, 6) is 0.192. The number of imidazole rings is 1. The highest BCUT2D eigenvalue weighted by atomic mass is 16.2. The number of amides is 1. The summed E-state index contributed by atoms with van der Waals surface area (Å²) in [5.41, 5.74) is 3.90. The fraction of sp³-hybridized carbons (Fsp3) is 0.200. The maximum absolute atomic E-state index is 12.8. The van der Waals surface area contributed by atoms with Gasteiger partial charge in [-0.3, -0.25) is 4.57 Å². The highest BCUT2D eigenvalue weighted by molar-refractivity contribution is 5.77. The summed E-state index contributed by atoms with van der Waals surface area (Å²) in [6.45, 7) is 1.40. The van der Waals surface area contributed by atoms with Crippen LogP contribution in [0.5, 0.6) is 0 Å². The van der Waals surface area contributed by atoms with Crippen molar-refractivity contribution in [3.05, 3.63) is 90.0 Å². The van der Waals surface area contributed by atoms with E-state index in [9.17, 15) is 4.79 Å². The zero-order valence-corrected chi connectivity index (χ0v) is 13.4. The van der Waals surface area contributed by atoms with Gasteiger partial charge in [-0.1, -0.05) is 54.6 Å². The quantitative estimate of drug-likeness (QED) is 0.688. The smallest absolute Gasteiger partial charge is 0.323 e. The van der Waals surface area contributed by atoms with E-state index in [1.54, 1.807) is 23.3 Å². The van der Waals surface area contributed by atoms with Crippen LogP contribution in [0.2, 0.25) is 0 Å². The Labute approximate surface area is 141 Å². The van der Waals surface area contributed by atoms with Gasteiger partial charge in [0.15, 0.2) is 0 Å². The molecule has 0 fully saturated rings. The maximum atomic E-state index is 12.8. The maximum Gasteiger partial charge on any atom is 0.329 e. The second-order valence-electron chi connectivity index (χ2n) is 6.11. The molecule has 1 aromatic heterocycles. The molecule has 1 aliphatic rings. The van der Waals surface area contributed by atoms with Gasteiger partial charge < -0.3 is 4.90 Å². The zero-order valence-electron chi connectivity index (χ0n) is 13.4. The van der Waals surface area contributed by atoms with E-state index in [2.05, 4.69) is 53.5 Å². The molecule has 0 saturated heterocycles. The molecular weight excluding hydrogens is 298 g/mol. The first-order valence-corrected chi connectivity index (χ1v) is 8.23. The van der Waals surface area contributed by atoms with Gasteiger partial charge in [-0.2, -0.15) is 0 Å². The molecule has 24 heavy (non-hydrogen) atoms. The van der Waals surface area contributed by atoms with Gasteiger partial charge in [-0.15, -0.1) is 0 Å². The van der Waals surface area contributed by atoms with Crippen LogP contribution in [-0.2, 0) is 6.42 Å². The molecule has 1 aliphatic heterocycles. The summed E-state index contributed by atoms with van der Waals surface area (Å²) < 4.78 is 1.55. The molecular formula is C20H19N3O. The fourth-order valence-corrected chi connectivity index (χ4v) is 3.45. The van der Waals surface area contributed by atoms with Crippen molar-refractivity contribution >= 4 is 6.03 Å². The van der Waals surface area contributed by atoms with Crippen LogP contribution in [0.15, 0.2) is 73.3 Å².